The van der Waals surface area contributed by atoms with Gasteiger partial charge in [-0.2, -0.15) is 0 Å². The van der Waals surface area contributed by atoms with Gasteiger partial charge in [-0.05, 0) is 25.0 Å². The van der Waals surface area contributed by atoms with Gasteiger partial charge >= 0.3 is 0 Å². The third kappa shape index (κ3) is 6.40. The second kappa shape index (κ2) is 6.33. The quantitative estimate of drug-likeness (QED) is 0.292. The second-order valence-electron chi connectivity index (χ2n) is 8.72. The van der Waals surface area contributed by atoms with Crippen LogP contribution in [0.4, 0.5) is 0 Å². The summed E-state index contributed by atoms with van der Waals surface area (Å²) >= 11 is 5.05. The van der Waals surface area contributed by atoms with E-state index in [9.17, 15) is 0 Å². The fraction of sp³-hybridized carbons (Fsp3) is 0.778. The van der Waals surface area contributed by atoms with Crippen molar-refractivity contribution >= 4 is 45.2 Å². The largest absolute Gasteiger partial charge is 0.465 e. The van der Waals surface area contributed by atoms with E-state index in [1.54, 1.807) is 0 Å². The first-order valence-electron chi connectivity index (χ1n) is 7.61. The van der Waals surface area contributed by atoms with Gasteiger partial charge < -0.3 is 4.42 Å². The van der Waals surface area contributed by atoms with Crippen molar-refractivity contribution in [3.05, 3.63) is 23.7 Å². The summed E-state index contributed by atoms with van der Waals surface area (Å²) < 4.78 is 6.84. The highest BCUT2D eigenvalue weighted by Crippen LogP contribution is 2.41. The molecule has 122 valence electrons. The van der Waals surface area contributed by atoms with Crippen LogP contribution in [-0.2, 0) is 10.8 Å². The Morgan fingerprint density at radius 3 is 1.24 bits per heavy atom. The summed E-state index contributed by atoms with van der Waals surface area (Å²) in [5, 5.41) is 0. The van der Waals surface area contributed by atoms with Gasteiger partial charge in [0.05, 0.1) is 0 Å². The van der Waals surface area contributed by atoms with Crippen LogP contribution in [0, 0.1) is 0 Å². The van der Waals surface area contributed by atoms with E-state index in [4.69, 9.17) is 4.42 Å². The Hall–Kier alpha value is 0.740. The van der Waals surface area contributed by atoms with E-state index in [1.165, 1.54) is 0 Å². The Morgan fingerprint density at radius 2 is 1.00 bits per heavy atom. The lowest BCUT2D eigenvalue weighted by atomic mass is 9.81. The molecule has 3 heteroatoms. The third-order valence-electron chi connectivity index (χ3n) is 3.66. The molecule has 21 heavy (non-hydrogen) atoms. The Morgan fingerprint density at radius 1 is 0.714 bits per heavy atom. The van der Waals surface area contributed by atoms with Gasteiger partial charge in [0.25, 0.3) is 0 Å². The molecule has 0 saturated carbocycles. The van der Waals surface area contributed by atoms with Crippen LogP contribution in [0.25, 0.3) is 0 Å². The molecule has 0 fully saturated rings. The van der Waals surface area contributed by atoms with E-state index in [1.807, 2.05) is 0 Å². The predicted molar refractivity (Wildman–Crippen MR) is 110 cm³/mol. The highest BCUT2D eigenvalue weighted by molar-refractivity contribution is 14.1. The van der Waals surface area contributed by atoms with Crippen LogP contribution in [0.1, 0.15) is 79.8 Å². The van der Waals surface area contributed by atoms with Crippen molar-refractivity contribution in [2.45, 2.75) is 85.9 Å². The van der Waals surface area contributed by atoms with Gasteiger partial charge in [0, 0.05) is 17.7 Å². The molecule has 0 unspecified atom stereocenters. The molecule has 0 N–H and O–H groups in total. The molecule has 0 aliphatic heterocycles. The van der Waals surface area contributed by atoms with Gasteiger partial charge in [0.1, 0.15) is 11.5 Å². The zero-order chi connectivity index (χ0) is 16.7. The summed E-state index contributed by atoms with van der Waals surface area (Å²) in [6, 6.07) is 4.36. The molecule has 1 aromatic rings. The minimum Gasteiger partial charge on any atom is -0.465 e. The van der Waals surface area contributed by atoms with Crippen LogP contribution < -0.4 is 0 Å². The summed E-state index contributed by atoms with van der Waals surface area (Å²) in [6.07, 6.45) is 2.21. The summed E-state index contributed by atoms with van der Waals surface area (Å²) in [7, 11) is 0. The first-order chi connectivity index (χ1) is 9.12. The van der Waals surface area contributed by atoms with Crippen LogP contribution in [0.5, 0.6) is 0 Å². The van der Waals surface area contributed by atoms with Crippen LogP contribution in [0.15, 0.2) is 16.5 Å². The molecule has 1 nitrogen and oxygen atoms in total. The third-order valence-corrected chi connectivity index (χ3v) is 4.43. The summed E-state index contributed by atoms with van der Waals surface area (Å²) in [5.74, 6) is 2.23. The maximum absolute atomic E-state index is 6.30. The van der Waals surface area contributed by atoms with Crippen molar-refractivity contribution in [1.82, 2.24) is 0 Å². The number of alkyl halides is 2. The van der Waals surface area contributed by atoms with Gasteiger partial charge in [-0.25, -0.2) is 0 Å². The lowest BCUT2D eigenvalue weighted by Gasteiger charge is -2.31. The van der Waals surface area contributed by atoms with E-state index >= 15 is 0 Å². The van der Waals surface area contributed by atoms with Gasteiger partial charge in [-0.15, -0.1) is 0 Å². The maximum Gasteiger partial charge on any atom is 0.109 e. The molecule has 0 bridgehead atoms. The molecular weight excluding hydrogens is 486 g/mol. The van der Waals surface area contributed by atoms with Crippen molar-refractivity contribution < 1.29 is 4.42 Å². The Kier molecular flexibility index (Phi) is 5.96. The molecule has 0 aliphatic carbocycles. The van der Waals surface area contributed by atoms with Gasteiger partial charge in [-0.3, -0.25) is 0 Å². The molecule has 1 heterocycles. The van der Waals surface area contributed by atoms with E-state index < -0.39 is 0 Å². The smallest absolute Gasteiger partial charge is 0.109 e. The molecule has 0 radical (unpaired) electrons. The molecule has 0 aromatic carbocycles. The van der Waals surface area contributed by atoms with E-state index in [-0.39, 0.29) is 17.7 Å². The Labute approximate surface area is 158 Å². The number of rotatable bonds is 6. The summed E-state index contributed by atoms with van der Waals surface area (Å²) in [4.78, 5) is 0. The average Bonchev–Trinajstić information content (AvgIpc) is 2.57. The molecule has 0 saturated heterocycles. The Balaban J connectivity index is 3.00. The van der Waals surface area contributed by atoms with E-state index in [0.29, 0.717) is 0 Å². The Bertz CT molecular complexity index is 428. The van der Waals surface area contributed by atoms with Crippen LogP contribution >= 0.6 is 45.2 Å². The van der Waals surface area contributed by atoms with Crippen LogP contribution in [0.2, 0.25) is 0 Å². The highest BCUT2D eigenvalue weighted by Gasteiger charge is 2.35. The molecule has 0 spiro atoms. The predicted octanol–water partition coefficient (Wildman–Crippen LogP) is 7.04. The van der Waals surface area contributed by atoms with Gasteiger partial charge in [0.2, 0.25) is 0 Å². The van der Waals surface area contributed by atoms with Crippen molar-refractivity contribution in [3.8, 4) is 0 Å². The van der Waals surface area contributed by atoms with Gasteiger partial charge in [0.15, 0.2) is 0 Å². The second-order valence-corrected chi connectivity index (χ2v) is 14.6. The fourth-order valence-corrected chi connectivity index (χ4v) is 5.25. The van der Waals surface area contributed by atoms with Crippen LogP contribution in [-0.4, -0.2) is 6.84 Å². The van der Waals surface area contributed by atoms with Crippen LogP contribution in [0.3, 0.4) is 0 Å². The average molecular weight is 516 g/mol. The SMILES string of the molecule is CC(C)(I)CC(C)(C)c1ccc(C(C)(C)CC(C)(C)I)o1. The molecule has 1 rings (SSSR count). The van der Waals surface area contributed by atoms with Crippen molar-refractivity contribution in [3.63, 3.8) is 0 Å². The standard InChI is InChI=1S/C18H30I2O/c1-15(2,11-17(5,6)19)13-9-10-14(21-13)16(3,4)12-18(7,8)20/h9-10H,11-12H2,1-8H3. The van der Waals surface area contributed by atoms with Crippen molar-refractivity contribution in [1.29, 1.82) is 0 Å². The molecule has 0 aliphatic rings. The van der Waals surface area contributed by atoms with E-state index in [2.05, 4.69) is 113 Å². The zero-order valence-corrected chi connectivity index (χ0v) is 19.0. The number of hydrogen-bond donors (Lipinski definition) is 0. The van der Waals surface area contributed by atoms with Gasteiger partial charge in [-0.1, -0.05) is 101 Å². The lowest BCUT2D eigenvalue weighted by Crippen LogP contribution is -2.27. The first-order valence-corrected chi connectivity index (χ1v) is 9.77. The number of hydrogen-bond acceptors (Lipinski definition) is 1. The minimum absolute atomic E-state index is 0.0683. The zero-order valence-electron chi connectivity index (χ0n) is 14.7. The molecule has 0 amide bonds. The molecule has 0 atom stereocenters. The van der Waals surface area contributed by atoms with Crippen molar-refractivity contribution in [2.24, 2.45) is 0 Å². The van der Waals surface area contributed by atoms with Crippen molar-refractivity contribution in [2.75, 3.05) is 0 Å². The number of furan rings is 1. The lowest BCUT2D eigenvalue weighted by molar-refractivity contribution is 0.289. The maximum atomic E-state index is 6.30. The molecular formula is C18H30I2O. The number of halogens is 2. The normalized spacial score (nSPS) is 14.6. The minimum atomic E-state index is 0.0683. The summed E-state index contributed by atoms with van der Waals surface area (Å²) in [5.41, 5.74) is 0.137. The highest BCUT2D eigenvalue weighted by atomic mass is 127. The fourth-order valence-electron chi connectivity index (χ4n) is 3.34. The first kappa shape index (κ1) is 19.8. The van der Waals surface area contributed by atoms with E-state index in [0.717, 1.165) is 24.4 Å². The topological polar surface area (TPSA) is 13.1 Å². The monoisotopic (exact) mass is 516 g/mol. The molecule has 1 aromatic heterocycles. The summed E-state index contributed by atoms with van der Waals surface area (Å²) in [6.45, 7) is 18.2.